The number of hydrogen-bond donors (Lipinski definition) is 0. The van der Waals surface area contributed by atoms with E-state index < -0.39 is 0 Å². The van der Waals surface area contributed by atoms with Gasteiger partial charge in [0.05, 0.1) is 23.9 Å². The lowest BCUT2D eigenvalue weighted by atomic mass is 9.89. The number of ether oxygens (including phenoxy) is 1. The third kappa shape index (κ3) is 3.41. The molecule has 27 heavy (non-hydrogen) atoms. The normalized spacial score (nSPS) is 16.3. The van der Waals surface area contributed by atoms with Crippen molar-refractivity contribution < 1.29 is 9.53 Å². The Balaban J connectivity index is 1.92. The van der Waals surface area contributed by atoms with Crippen LogP contribution in [0, 0.1) is 5.92 Å². The Morgan fingerprint density at radius 3 is 2.89 bits per heavy atom. The van der Waals surface area contributed by atoms with Crippen LogP contribution in [0.2, 0.25) is 0 Å². The van der Waals surface area contributed by atoms with Crippen molar-refractivity contribution in [3.05, 3.63) is 51.1 Å². The first-order valence-electron chi connectivity index (χ1n) is 8.90. The minimum Gasteiger partial charge on any atom is -0.468 e. The third-order valence-electron chi connectivity index (χ3n) is 4.86. The zero-order valence-electron chi connectivity index (χ0n) is 15.2. The van der Waals surface area contributed by atoms with Gasteiger partial charge in [0.1, 0.15) is 4.83 Å². The molecule has 140 valence electrons. The summed E-state index contributed by atoms with van der Waals surface area (Å²) in [5, 5.41) is 1.27. The number of thioether (sulfide) groups is 1. The van der Waals surface area contributed by atoms with Gasteiger partial charge in [0.2, 0.25) is 0 Å². The summed E-state index contributed by atoms with van der Waals surface area (Å²) in [4.78, 5) is 31.9. The summed E-state index contributed by atoms with van der Waals surface area (Å²) in [6, 6.07) is 9.47. The van der Waals surface area contributed by atoms with Crippen LogP contribution in [0.15, 0.2) is 40.3 Å². The van der Waals surface area contributed by atoms with E-state index >= 15 is 0 Å². The summed E-state index contributed by atoms with van der Waals surface area (Å²) in [5.74, 6) is 0.409. The quantitative estimate of drug-likeness (QED) is 0.378. The molecular weight excluding hydrogens is 380 g/mol. The standard InChI is InChI=1S/C20H20N2O3S2/c1-12-8-9-14-15(10-12)27-18-17(14)19(24)22(13-6-4-3-5-7-13)20(21-18)26-11-16(23)25-2/h3-7,12H,8-11H2,1-2H3. The van der Waals surface area contributed by atoms with E-state index in [1.807, 2.05) is 30.3 Å². The molecule has 0 amide bonds. The van der Waals surface area contributed by atoms with Gasteiger partial charge in [0.15, 0.2) is 5.16 Å². The highest BCUT2D eigenvalue weighted by molar-refractivity contribution is 7.99. The molecule has 2 heterocycles. The largest absolute Gasteiger partial charge is 0.468 e. The van der Waals surface area contributed by atoms with Crippen molar-refractivity contribution in [2.24, 2.45) is 5.92 Å². The molecule has 1 atom stereocenters. The molecule has 2 aromatic heterocycles. The predicted molar refractivity (Wildman–Crippen MR) is 109 cm³/mol. The summed E-state index contributed by atoms with van der Waals surface area (Å²) in [6.07, 6.45) is 3.03. The fraction of sp³-hybridized carbons (Fsp3) is 0.350. The van der Waals surface area contributed by atoms with Crippen molar-refractivity contribution in [2.75, 3.05) is 12.9 Å². The second kappa shape index (κ2) is 7.48. The topological polar surface area (TPSA) is 61.2 Å². The lowest BCUT2D eigenvalue weighted by molar-refractivity contribution is -0.137. The predicted octanol–water partition coefficient (Wildman–Crippen LogP) is 3.84. The van der Waals surface area contributed by atoms with Crippen LogP contribution in [0.4, 0.5) is 0 Å². The van der Waals surface area contributed by atoms with Crippen LogP contribution in [-0.2, 0) is 22.4 Å². The lowest BCUT2D eigenvalue weighted by Gasteiger charge is -2.17. The Bertz CT molecular complexity index is 1060. The van der Waals surface area contributed by atoms with Crippen LogP contribution in [0.25, 0.3) is 15.9 Å². The summed E-state index contributed by atoms with van der Waals surface area (Å²) in [7, 11) is 1.36. The number of benzene rings is 1. The highest BCUT2D eigenvalue weighted by atomic mass is 32.2. The first-order chi connectivity index (χ1) is 13.1. The molecule has 0 fully saturated rings. The number of rotatable bonds is 4. The van der Waals surface area contributed by atoms with Crippen molar-refractivity contribution in [1.29, 1.82) is 0 Å². The average molecular weight is 401 g/mol. The van der Waals surface area contributed by atoms with Gasteiger partial charge in [-0.25, -0.2) is 4.98 Å². The van der Waals surface area contributed by atoms with Crippen molar-refractivity contribution in [3.8, 4) is 5.69 Å². The maximum atomic E-state index is 13.5. The number of methoxy groups -OCH3 is 1. The molecule has 0 aliphatic heterocycles. The molecule has 0 bridgehead atoms. The summed E-state index contributed by atoms with van der Waals surface area (Å²) >= 11 is 2.86. The second-order valence-electron chi connectivity index (χ2n) is 6.77. The van der Waals surface area contributed by atoms with Crippen LogP contribution < -0.4 is 5.56 Å². The Kier molecular flexibility index (Phi) is 5.06. The molecule has 0 N–H and O–H groups in total. The summed E-state index contributed by atoms with van der Waals surface area (Å²) in [5.41, 5.74) is 1.87. The lowest BCUT2D eigenvalue weighted by Crippen LogP contribution is -2.23. The highest BCUT2D eigenvalue weighted by Gasteiger charge is 2.25. The zero-order chi connectivity index (χ0) is 19.0. The first kappa shape index (κ1) is 18.3. The molecule has 5 nitrogen and oxygen atoms in total. The van der Waals surface area contributed by atoms with E-state index in [4.69, 9.17) is 9.72 Å². The van der Waals surface area contributed by atoms with Gasteiger partial charge in [-0.15, -0.1) is 11.3 Å². The molecule has 0 radical (unpaired) electrons. The van der Waals surface area contributed by atoms with Crippen LogP contribution in [-0.4, -0.2) is 28.4 Å². The van der Waals surface area contributed by atoms with E-state index in [1.54, 1.807) is 15.9 Å². The van der Waals surface area contributed by atoms with E-state index in [0.717, 1.165) is 35.2 Å². The number of fused-ring (bicyclic) bond motifs is 3. The molecule has 1 aliphatic rings. The molecule has 1 aliphatic carbocycles. The SMILES string of the molecule is COC(=O)CSc1nc2sc3c(c2c(=O)n1-c1ccccc1)CCC(C)C3. The van der Waals surface area contributed by atoms with E-state index in [9.17, 15) is 9.59 Å². The number of hydrogen-bond acceptors (Lipinski definition) is 6. The van der Waals surface area contributed by atoms with Gasteiger partial charge in [0.25, 0.3) is 5.56 Å². The molecule has 1 aromatic carbocycles. The Labute approximate surface area is 165 Å². The van der Waals surface area contributed by atoms with Gasteiger partial charge < -0.3 is 4.74 Å². The highest BCUT2D eigenvalue weighted by Crippen LogP contribution is 2.36. The van der Waals surface area contributed by atoms with E-state index in [-0.39, 0.29) is 17.3 Å². The Morgan fingerprint density at radius 2 is 2.15 bits per heavy atom. The van der Waals surface area contributed by atoms with Crippen LogP contribution in [0.5, 0.6) is 0 Å². The van der Waals surface area contributed by atoms with E-state index in [2.05, 4.69) is 6.92 Å². The maximum absolute atomic E-state index is 13.5. The van der Waals surface area contributed by atoms with Crippen LogP contribution in [0.1, 0.15) is 23.8 Å². The molecule has 3 aromatic rings. The summed E-state index contributed by atoms with van der Waals surface area (Å²) < 4.78 is 6.37. The zero-order valence-corrected chi connectivity index (χ0v) is 16.9. The minimum absolute atomic E-state index is 0.0504. The smallest absolute Gasteiger partial charge is 0.316 e. The van der Waals surface area contributed by atoms with Gasteiger partial charge in [-0.1, -0.05) is 36.9 Å². The number of esters is 1. The second-order valence-corrected chi connectivity index (χ2v) is 8.79. The number of carbonyl (C=O) groups excluding carboxylic acids is 1. The molecule has 1 unspecified atom stereocenters. The Morgan fingerprint density at radius 1 is 1.37 bits per heavy atom. The fourth-order valence-corrected chi connectivity index (χ4v) is 5.72. The molecule has 0 spiro atoms. The van der Waals surface area contributed by atoms with Gasteiger partial charge in [-0.2, -0.15) is 0 Å². The van der Waals surface area contributed by atoms with Crippen LogP contribution >= 0.6 is 23.1 Å². The molecule has 0 saturated carbocycles. The first-order valence-corrected chi connectivity index (χ1v) is 10.7. The number of carbonyl (C=O) groups is 1. The number of nitrogens with zero attached hydrogens (tertiary/aromatic N) is 2. The minimum atomic E-state index is -0.340. The van der Waals surface area contributed by atoms with E-state index in [0.29, 0.717) is 11.1 Å². The maximum Gasteiger partial charge on any atom is 0.316 e. The van der Waals surface area contributed by atoms with Crippen molar-refractivity contribution in [1.82, 2.24) is 9.55 Å². The molecule has 7 heteroatoms. The number of para-hydroxylation sites is 1. The van der Waals surface area contributed by atoms with Gasteiger partial charge in [-0.05, 0) is 42.9 Å². The van der Waals surface area contributed by atoms with E-state index in [1.165, 1.54) is 29.3 Å². The number of thiophene rings is 1. The monoisotopic (exact) mass is 400 g/mol. The molecular formula is C20H20N2O3S2. The fourth-order valence-electron chi connectivity index (χ4n) is 3.46. The van der Waals surface area contributed by atoms with Gasteiger partial charge in [-0.3, -0.25) is 14.2 Å². The number of aromatic nitrogens is 2. The third-order valence-corrected chi connectivity index (χ3v) is 6.92. The summed E-state index contributed by atoms with van der Waals surface area (Å²) in [6.45, 7) is 2.25. The molecule has 0 saturated heterocycles. The average Bonchev–Trinajstić information content (AvgIpc) is 3.04. The van der Waals surface area contributed by atoms with Crippen molar-refractivity contribution in [2.45, 2.75) is 31.3 Å². The molecule has 4 rings (SSSR count). The van der Waals surface area contributed by atoms with Crippen molar-refractivity contribution >= 4 is 39.3 Å². The number of aryl methyl sites for hydroxylation is 1. The Hall–Kier alpha value is -2.12. The van der Waals surface area contributed by atoms with Gasteiger partial charge >= 0.3 is 5.97 Å². The van der Waals surface area contributed by atoms with Crippen LogP contribution in [0.3, 0.4) is 0 Å². The van der Waals surface area contributed by atoms with Crippen molar-refractivity contribution in [3.63, 3.8) is 0 Å². The van der Waals surface area contributed by atoms with Gasteiger partial charge in [0, 0.05) is 4.88 Å².